The van der Waals surface area contributed by atoms with Crippen LogP contribution in [0.25, 0.3) is 0 Å². The van der Waals surface area contributed by atoms with E-state index in [9.17, 15) is 14.4 Å². The van der Waals surface area contributed by atoms with Crippen LogP contribution in [0.2, 0.25) is 0 Å². The Morgan fingerprint density at radius 2 is 1.81 bits per heavy atom. The number of hydrogen-bond donors (Lipinski definition) is 0. The van der Waals surface area contributed by atoms with Crippen molar-refractivity contribution in [3.8, 4) is 0 Å². The Morgan fingerprint density at radius 3 is 2.44 bits per heavy atom. The van der Waals surface area contributed by atoms with Crippen LogP contribution < -0.4 is 0 Å². The summed E-state index contributed by atoms with van der Waals surface area (Å²) in [6.45, 7) is 6.41. The number of carbonyl (C=O) groups excluding carboxylic acids is 3. The molecule has 1 saturated heterocycles. The lowest BCUT2D eigenvalue weighted by molar-refractivity contribution is -0.144. The van der Waals surface area contributed by atoms with Gasteiger partial charge in [0.15, 0.2) is 0 Å². The zero-order valence-electron chi connectivity index (χ0n) is 15.8. The van der Waals surface area contributed by atoms with Gasteiger partial charge in [0, 0.05) is 18.0 Å². The van der Waals surface area contributed by atoms with Crippen LogP contribution in [0, 0.1) is 17.8 Å². The first kappa shape index (κ1) is 17.8. The first-order chi connectivity index (χ1) is 12.9. The summed E-state index contributed by atoms with van der Waals surface area (Å²) >= 11 is 0. The fourth-order valence-electron chi connectivity index (χ4n) is 4.34. The number of rotatable bonds is 3. The number of amides is 3. The fourth-order valence-corrected chi connectivity index (χ4v) is 4.34. The number of ether oxygens (including phenoxy) is 1. The molecular weight excluding hydrogens is 344 g/mol. The lowest BCUT2D eigenvalue weighted by atomic mass is 10.2. The second-order valence-electron chi connectivity index (χ2n) is 7.76. The van der Waals surface area contributed by atoms with E-state index in [1.165, 1.54) is 9.80 Å². The Hall–Kier alpha value is -2.63. The highest BCUT2D eigenvalue weighted by atomic mass is 16.6. The normalized spacial score (nSPS) is 29.2. The van der Waals surface area contributed by atoms with Crippen LogP contribution >= 0.6 is 0 Å². The van der Waals surface area contributed by atoms with Crippen molar-refractivity contribution < 1.29 is 19.1 Å². The van der Waals surface area contributed by atoms with Crippen molar-refractivity contribution in [1.29, 1.82) is 0 Å². The van der Waals surface area contributed by atoms with E-state index in [4.69, 9.17) is 4.74 Å². The summed E-state index contributed by atoms with van der Waals surface area (Å²) in [5, 5.41) is 0. The smallest absolute Gasteiger partial charge is 0.414 e. The van der Waals surface area contributed by atoms with Crippen molar-refractivity contribution in [3.05, 3.63) is 47.2 Å². The molecule has 2 unspecified atom stereocenters. The fraction of sp³-hybridized carbons (Fsp3) is 0.476. The molecule has 0 N–H and O–H groups in total. The van der Waals surface area contributed by atoms with E-state index < -0.39 is 6.09 Å². The third-order valence-electron chi connectivity index (χ3n) is 6.24. The molecule has 4 rings (SSSR count). The van der Waals surface area contributed by atoms with Gasteiger partial charge in [0.25, 0.3) is 5.91 Å². The number of nitrogens with zero attached hydrogens (tertiary/aromatic N) is 2. The summed E-state index contributed by atoms with van der Waals surface area (Å²) in [4.78, 5) is 41.1. The maximum atomic E-state index is 12.9. The number of benzene rings is 1. The molecule has 3 aliphatic rings. The van der Waals surface area contributed by atoms with Crippen LogP contribution in [0.4, 0.5) is 4.79 Å². The maximum Gasteiger partial charge on any atom is 0.414 e. The molecule has 1 saturated carbocycles. The van der Waals surface area contributed by atoms with E-state index in [0.717, 1.165) is 5.56 Å². The summed E-state index contributed by atoms with van der Waals surface area (Å²) in [6.07, 6.45) is 0.103. The first-order valence-corrected chi connectivity index (χ1v) is 9.48. The largest absolute Gasteiger partial charge is 0.444 e. The van der Waals surface area contributed by atoms with Gasteiger partial charge in [-0.3, -0.25) is 19.4 Å². The SMILES string of the molecule is CC1=C2[C@H](CCN2C(=O)OCc2ccccc2)N(C(=O)C2C(C)C2C)C1=O. The average molecular weight is 368 g/mol. The third kappa shape index (κ3) is 2.83. The molecule has 1 aromatic rings. The molecule has 0 bridgehead atoms. The van der Waals surface area contributed by atoms with Crippen molar-refractivity contribution in [2.75, 3.05) is 6.54 Å². The maximum absolute atomic E-state index is 12.9. The lowest BCUT2D eigenvalue weighted by Crippen LogP contribution is -2.41. The highest BCUT2D eigenvalue weighted by molar-refractivity contribution is 6.09. The van der Waals surface area contributed by atoms with Gasteiger partial charge in [-0.1, -0.05) is 44.2 Å². The first-order valence-electron chi connectivity index (χ1n) is 9.48. The number of likely N-dealkylation sites (tertiary alicyclic amines) is 1. The Balaban J connectivity index is 1.48. The predicted molar refractivity (Wildman–Crippen MR) is 98.1 cm³/mol. The minimum absolute atomic E-state index is 0.0832. The van der Waals surface area contributed by atoms with Crippen LogP contribution in [0.1, 0.15) is 32.8 Å². The van der Waals surface area contributed by atoms with Gasteiger partial charge in [0.05, 0.1) is 11.7 Å². The molecule has 1 aliphatic carbocycles. The monoisotopic (exact) mass is 368 g/mol. The predicted octanol–water partition coefficient (Wildman–Crippen LogP) is 2.94. The van der Waals surface area contributed by atoms with Gasteiger partial charge in [0.2, 0.25) is 5.91 Å². The van der Waals surface area contributed by atoms with Crippen molar-refractivity contribution in [2.24, 2.45) is 17.8 Å². The molecule has 0 radical (unpaired) electrons. The standard InChI is InChI=1S/C21H24N2O4/c1-12-13(2)17(12)20(25)23-16-9-10-22(18(16)14(3)19(23)24)21(26)27-11-15-7-5-4-6-8-15/h4-8,12-13,16-17H,9-11H2,1-3H3/t12?,13?,16-,17?/m0/s1. The molecule has 6 heteroatoms. The van der Waals surface area contributed by atoms with E-state index in [0.29, 0.717) is 36.1 Å². The molecular formula is C21H24N2O4. The van der Waals surface area contributed by atoms with Crippen LogP contribution in [0.5, 0.6) is 0 Å². The Bertz CT molecular complexity index is 824. The summed E-state index contributed by atoms with van der Waals surface area (Å²) in [5.41, 5.74) is 2.01. The van der Waals surface area contributed by atoms with Crippen molar-refractivity contribution >= 4 is 17.9 Å². The number of imide groups is 1. The minimum atomic E-state index is -0.467. The molecule has 0 spiro atoms. The van der Waals surface area contributed by atoms with E-state index in [1.807, 2.05) is 44.2 Å². The van der Waals surface area contributed by atoms with E-state index in [-0.39, 0.29) is 30.4 Å². The Morgan fingerprint density at radius 1 is 1.15 bits per heavy atom. The molecule has 0 aromatic heterocycles. The quantitative estimate of drug-likeness (QED) is 0.770. The third-order valence-corrected chi connectivity index (χ3v) is 6.24. The zero-order chi connectivity index (χ0) is 19.3. The second kappa shape index (κ2) is 6.51. The molecule has 1 aromatic carbocycles. The number of fused-ring (bicyclic) bond motifs is 1. The van der Waals surface area contributed by atoms with E-state index in [2.05, 4.69) is 0 Å². The Labute approximate surface area is 158 Å². The van der Waals surface area contributed by atoms with Crippen molar-refractivity contribution in [1.82, 2.24) is 9.80 Å². The molecule has 27 heavy (non-hydrogen) atoms. The molecule has 2 aliphatic heterocycles. The van der Waals surface area contributed by atoms with Crippen LogP contribution in [-0.2, 0) is 20.9 Å². The molecule has 3 atom stereocenters. The summed E-state index contributed by atoms with van der Waals surface area (Å²) < 4.78 is 5.43. The van der Waals surface area contributed by atoms with Gasteiger partial charge < -0.3 is 4.74 Å². The average Bonchev–Trinajstić information content (AvgIpc) is 2.99. The minimum Gasteiger partial charge on any atom is -0.444 e. The number of hydrogen-bond acceptors (Lipinski definition) is 4. The van der Waals surface area contributed by atoms with Crippen LogP contribution in [-0.4, -0.2) is 40.3 Å². The molecule has 2 heterocycles. The molecule has 6 nitrogen and oxygen atoms in total. The summed E-state index contributed by atoms with van der Waals surface area (Å²) in [6, 6.07) is 9.13. The lowest BCUT2D eigenvalue weighted by Gasteiger charge is -2.22. The van der Waals surface area contributed by atoms with E-state index in [1.54, 1.807) is 6.92 Å². The summed E-state index contributed by atoms with van der Waals surface area (Å²) in [7, 11) is 0. The molecule has 142 valence electrons. The van der Waals surface area contributed by atoms with Gasteiger partial charge >= 0.3 is 6.09 Å². The highest BCUT2D eigenvalue weighted by Crippen LogP contribution is 2.48. The van der Waals surface area contributed by atoms with Gasteiger partial charge in [-0.15, -0.1) is 0 Å². The van der Waals surface area contributed by atoms with Gasteiger partial charge in [0.1, 0.15) is 6.61 Å². The van der Waals surface area contributed by atoms with Crippen molar-refractivity contribution in [3.63, 3.8) is 0 Å². The van der Waals surface area contributed by atoms with Crippen molar-refractivity contribution in [2.45, 2.75) is 39.8 Å². The molecule has 2 fully saturated rings. The second-order valence-corrected chi connectivity index (χ2v) is 7.76. The Kier molecular flexibility index (Phi) is 4.29. The zero-order valence-corrected chi connectivity index (χ0v) is 15.8. The summed E-state index contributed by atoms with van der Waals surface area (Å²) in [5.74, 6) is 0.164. The van der Waals surface area contributed by atoms with Crippen LogP contribution in [0.3, 0.4) is 0 Å². The van der Waals surface area contributed by atoms with Gasteiger partial charge in [-0.2, -0.15) is 0 Å². The topological polar surface area (TPSA) is 66.9 Å². The molecule has 3 amide bonds. The highest BCUT2D eigenvalue weighted by Gasteiger charge is 2.56. The van der Waals surface area contributed by atoms with E-state index >= 15 is 0 Å². The number of carbonyl (C=O) groups is 3. The van der Waals surface area contributed by atoms with Gasteiger partial charge in [-0.25, -0.2) is 4.79 Å². The van der Waals surface area contributed by atoms with Crippen LogP contribution in [0.15, 0.2) is 41.6 Å². The van der Waals surface area contributed by atoms with Gasteiger partial charge in [-0.05, 0) is 30.7 Å².